The van der Waals surface area contributed by atoms with Crippen molar-refractivity contribution in [1.82, 2.24) is 0 Å². The van der Waals surface area contributed by atoms with Gasteiger partial charge in [-0.15, -0.1) is 0 Å². The molecule has 10 N–H and O–H groups in total. The van der Waals surface area contributed by atoms with Gasteiger partial charge in [-0.2, -0.15) is 0 Å². The maximum absolute atomic E-state index is 6.55. The second-order valence-corrected chi connectivity index (χ2v) is 11.9. The van der Waals surface area contributed by atoms with Crippen molar-refractivity contribution in [2.75, 3.05) is 0 Å². The molecule has 2 unspecified atom stereocenters. The molecule has 0 bridgehead atoms. The number of hydrogen-bond acceptors (Lipinski definition) is 5. The summed E-state index contributed by atoms with van der Waals surface area (Å²) in [6, 6.07) is 0.0305. The molecule has 0 aliphatic carbocycles. The lowest BCUT2D eigenvalue weighted by atomic mass is 9.77. The Morgan fingerprint density at radius 2 is 0.842 bits per heavy atom. The smallest absolute Gasteiger partial charge is 0.0922 e. The van der Waals surface area contributed by atoms with Gasteiger partial charge in [-0.05, 0) is 44.6 Å². The first-order valence-corrected chi connectivity index (χ1v) is 16.7. The number of unbranched alkanes of at least 4 members (excludes halogenated alkanes) is 17. The molecular weight excluding hydrogens is 466 g/mol. The molecule has 0 radical (unpaired) electrons. The second-order valence-electron chi connectivity index (χ2n) is 11.9. The Hall–Kier alpha value is -0.780. The highest BCUT2D eigenvalue weighted by Gasteiger charge is 2.36. The molecule has 0 aliphatic heterocycles. The third kappa shape index (κ3) is 22.1. The Morgan fingerprint density at radius 1 is 0.526 bits per heavy atom. The zero-order valence-electron chi connectivity index (χ0n) is 26.8. The van der Waals surface area contributed by atoms with Gasteiger partial charge in [-0.1, -0.05) is 143 Å². The molecule has 0 heterocycles. The fourth-order valence-electron chi connectivity index (χ4n) is 5.17. The fraction of sp³-hybridized carbons (Fsp3) is 0.939. The van der Waals surface area contributed by atoms with Crippen molar-refractivity contribution in [3.05, 3.63) is 11.4 Å². The van der Waals surface area contributed by atoms with E-state index in [1.165, 1.54) is 116 Å². The largest absolute Gasteiger partial charge is 0.386 e. The van der Waals surface area contributed by atoms with Gasteiger partial charge in [-0.3, -0.25) is 0 Å². The summed E-state index contributed by atoms with van der Waals surface area (Å²) >= 11 is 0. The van der Waals surface area contributed by atoms with Crippen LogP contribution >= 0.6 is 0 Å². The van der Waals surface area contributed by atoms with Crippen LogP contribution in [0.2, 0.25) is 0 Å². The third-order valence-corrected chi connectivity index (χ3v) is 8.37. The van der Waals surface area contributed by atoms with Crippen molar-refractivity contribution in [1.29, 1.82) is 0 Å². The first-order chi connectivity index (χ1) is 18.2. The summed E-state index contributed by atoms with van der Waals surface area (Å²) in [5, 5.41) is 0. The van der Waals surface area contributed by atoms with Crippen LogP contribution in [-0.4, -0.2) is 17.6 Å². The van der Waals surface area contributed by atoms with Crippen LogP contribution in [0.1, 0.15) is 182 Å². The first kappa shape index (κ1) is 39.4. The minimum absolute atomic E-state index is 0.0153. The molecule has 2 atom stereocenters. The normalized spacial score (nSPS) is 14.3. The maximum atomic E-state index is 6.55. The summed E-state index contributed by atoms with van der Waals surface area (Å²) in [6.45, 7) is 10.8. The lowest BCUT2D eigenvalue weighted by molar-refractivity contribution is 0.245. The van der Waals surface area contributed by atoms with E-state index in [0.29, 0.717) is 5.82 Å². The number of rotatable bonds is 25. The molecule has 230 valence electrons. The predicted molar refractivity (Wildman–Crippen MR) is 173 cm³/mol. The quantitative estimate of drug-likeness (QED) is 0.0742. The van der Waals surface area contributed by atoms with E-state index in [2.05, 4.69) is 27.7 Å². The first-order valence-electron chi connectivity index (χ1n) is 16.7. The van der Waals surface area contributed by atoms with Crippen LogP contribution in [0.5, 0.6) is 0 Å². The van der Waals surface area contributed by atoms with Crippen LogP contribution in [-0.2, 0) is 0 Å². The second kappa shape index (κ2) is 27.8. The Bertz CT molecular complexity index is 506. The van der Waals surface area contributed by atoms with Gasteiger partial charge in [0.2, 0.25) is 0 Å². The summed E-state index contributed by atoms with van der Waals surface area (Å²) in [6.07, 6.45) is 29.6. The van der Waals surface area contributed by atoms with Gasteiger partial charge in [0, 0.05) is 17.6 Å². The van der Waals surface area contributed by atoms with Crippen molar-refractivity contribution < 1.29 is 0 Å². The summed E-state index contributed by atoms with van der Waals surface area (Å²) in [7, 11) is 0. The van der Waals surface area contributed by atoms with E-state index in [1.54, 1.807) is 0 Å². The molecule has 0 aliphatic rings. The van der Waals surface area contributed by atoms with E-state index in [4.69, 9.17) is 28.7 Å². The molecule has 38 heavy (non-hydrogen) atoms. The van der Waals surface area contributed by atoms with Crippen molar-refractivity contribution in [3.63, 3.8) is 0 Å². The average molecular weight is 540 g/mol. The molecule has 5 heteroatoms. The van der Waals surface area contributed by atoms with E-state index < -0.39 is 0 Å². The van der Waals surface area contributed by atoms with E-state index in [9.17, 15) is 0 Å². The van der Waals surface area contributed by atoms with Crippen molar-refractivity contribution in [2.45, 2.75) is 200 Å². The number of allylic oxidation sites excluding steroid dienone is 1. The molecule has 0 saturated heterocycles. The predicted octanol–water partition coefficient (Wildman–Crippen LogP) is 8.53. The fourth-order valence-corrected chi connectivity index (χ4v) is 5.17. The zero-order valence-corrected chi connectivity index (χ0v) is 26.8. The molecule has 0 rings (SSSR count). The van der Waals surface area contributed by atoms with Crippen molar-refractivity contribution in [3.8, 4) is 0 Å². The maximum Gasteiger partial charge on any atom is 0.0922 e. The van der Waals surface area contributed by atoms with E-state index in [-0.39, 0.29) is 17.6 Å². The lowest BCUT2D eigenvalue weighted by Gasteiger charge is -2.40. The Kier molecular flexibility index (Phi) is 28.8. The summed E-state index contributed by atoms with van der Waals surface area (Å²) in [4.78, 5) is 0. The number of nitrogens with two attached hydrogens (primary N) is 5. The zero-order chi connectivity index (χ0) is 29.1. The topological polar surface area (TPSA) is 130 Å². The molecule has 0 fully saturated rings. The Morgan fingerprint density at radius 3 is 1.16 bits per heavy atom. The highest BCUT2D eigenvalue weighted by molar-refractivity contribution is 5.04. The van der Waals surface area contributed by atoms with Gasteiger partial charge in [0.25, 0.3) is 0 Å². The van der Waals surface area contributed by atoms with Crippen LogP contribution in [0.15, 0.2) is 11.4 Å². The molecule has 0 spiro atoms. The van der Waals surface area contributed by atoms with Crippen molar-refractivity contribution in [2.24, 2.45) is 28.7 Å². The Balaban J connectivity index is 0. The summed E-state index contributed by atoms with van der Waals surface area (Å²) in [5.74, 6) is 0.515. The highest BCUT2D eigenvalue weighted by atomic mass is 14.9. The summed E-state index contributed by atoms with van der Waals surface area (Å²) < 4.78 is 0. The van der Waals surface area contributed by atoms with Crippen LogP contribution in [0.25, 0.3) is 0 Å². The highest BCUT2D eigenvalue weighted by Crippen LogP contribution is 2.23. The molecule has 0 aromatic heterocycles. The van der Waals surface area contributed by atoms with Gasteiger partial charge >= 0.3 is 0 Å². The van der Waals surface area contributed by atoms with E-state index in [1.807, 2.05) is 6.92 Å². The van der Waals surface area contributed by atoms with E-state index in [0.717, 1.165) is 37.7 Å². The van der Waals surface area contributed by atoms with E-state index >= 15 is 0 Å². The van der Waals surface area contributed by atoms with Gasteiger partial charge in [0.1, 0.15) is 0 Å². The van der Waals surface area contributed by atoms with Crippen LogP contribution < -0.4 is 28.7 Å². The number of hydrogen-bond donors (Lipinski definition) is 5. The van der Waals surface area contributed by atoms with Crippen molar-refractivity contribution >= 4 is 0 Å². The van der Waals surface area contributed by atoms with Crippen LogP contribution in [0.3, 0.4) is 0 Å². The molecule has 0 aromatic carbocycles. The minimum Gasteiger partial charge on any atom is -0.386 e. The molecule has 0 aromatic rings. The van der Waals surface area contributed by atoms with Crippen LogP contribution in [0, 0.1) is 0 Å². The third-order valence-electron chi connectivity index (χ3n) is 8.37. The van der Waals surface area contributed by atoms with Gasteiger partial charge in [0.05, 0.1) is 5.82 Å². The van der Waals surface area contributed by atoms with Gasteiger partial charge < -0.3 is 28.7 Å². The van der Waals surface area contributed by atoms with Gasteiger partial charge in [0.15, 0.2) is 0 Å². The molecule has 0 amide bonds. The standard InChI is InChI=1S/C18H41N3.C15H32N2/c1-4-7-8-9-10-11-12-13-14-15-18(21,16(19)5-2)17(20)6-3;1-3-4-5-6-7-8-9-10-11-12-13-14(2)15(16)17/h16-17H,4-15,19-21H2,1-3H3;3-13,16-17H2,1-2H3. The minimum atomic E-state index is -0.384. The summed E-state index contributed by atoms with van der Waals surface area (Å²) in [5.41, 5.74) is 30.8. The molecule has 0 saturated carbocycles. The Labute approximate surface area is 239 Å². The molecular formula is C33H73N5. The molecule has 5 nitrogen and oxygen atoms in total. The monoisotopic (exact) mass is 540 g/mol. The van der Waals surface area contributed by atoms with Gasteiger partial charge in [-0.25, -0.2) is 0 Å². The van der Waals surface area contributed by atoms with Crippen LogP contribution in [0.4, 0.5) is 0 Å². The average Bonchev–Trinajstić information content (AvgIpc) is 2.92. The SMILES string of the molecule is CCCCCCCCCCCC(N)(C(N)CC)C(N)CC.CCCCCCCCCCCCC(C)=C(N)N. The lowest BCUT2D eigenvalue weighted by Crippen LogP contribution is -2.65.